The number of anilines is 2. The average Bonchev–Trinajstić information content (AvgIpc) is 2.74. The first-order valence-electron chi connectivity index (χ1n) is 9.31. The third-order valence-corrected chi connectivity index (χ3v) is 5.11. The number of ether oxygens (including phenoxy) is 1. The second-order valence-corrected chi connectivity index (χ2v) is 7.11. The predicted molar refractivity (Wildman–Crippen MR) is 112 cm³/mol. The SMILES string of the molecule is CN(C(=O)Oc1ccc(N(S)C(=O)NC2CCCCC2)cn1)c1ccccc1. The van der Waals surface area contributed by atoms with Gasteiger partial charge in [-0.3, -0.25) is 4.90 Å². The van der Waals surface area contributed by atoms with Crippen molar-refractivity contribution in [2.75, 3.05) is 16.3 Å². The van der Waals surface area contributed by atoms with Gasteiger partial charge in [0.05, 0.1) is 11.9 Å². The van der Waals surface area contributed by atoms with E-state index in [4.69, 9.17) is 4.74 Å². The van der Waals surface area contributed by atoms with Crippen LogP contribution in [0.5, 0.6) is 5.88 Å². The molecule has 3 amide bonds. The topological polar surface area (TPSA) is 74.8 Å². The molecular weight excluding hydrogens is 376 g/mol. The molecule has 0 aliphatic heterocycles. The number of nitrogens with one attached hydrogen (secondary N) is 1. The molecule has 1 heterocycles. The molecule has 8 heteroatoms. The van der Waals surface area contributed by atoms with E-state index in [2.05, 4.69) is 23.1 Å². The van der Waals surface area contributed by atoms with Gasteiger partial charge < -0.3 is 10.1 Å². The molecule has 1 aromatic carbocycles. The second-order valence-electron chi connectivity index (χ2n) is 6.71. The van der Waals surface area contributed by atoms with Gasteiger partial charge in [0.2, 0.25) is 5.88 Å². The van der Waals surface area contributed by atoms with Crippen LogP contribution >= 0.6 is 12.8 Å². The lowest BCUT2D eigenvalue weighted by Crippen LogP contribution is -2.42. The van der Waals surface area contributed by atoms with E-state index in [1.165, 1.54) is 27.9 Å². The summed E-state index contributed by atoms with van der Waals surface area (Å²) in [4.78, 5) is 30.1. The molecule has 1 aliphatic carbocycles. The molecular formula is C20H24N4O3S. The number of thiol groups is 1. The molecule has 0 bridgehead atoms. The van der Waals surface area contributed by atoms with Crippen LogP contribution in [-0.4, -0.2) is 30.2 Å². The third-order valence-electron chi connectivity index (χ3n) is 4.70. The minimum Gasteiger partial charge on any atom is -0.391 e. The van der Waals surface area contributed by atoms with Crippen molar-refractivity contribution >= 4 is 36.3 Å². The van der Waals surface area contributed by atoms with E-state index in [0.717, 1.165) is 25.7 Å². The fourth-order valence-electron chi connectivity index (χ4n) is 3.07. The number of aromatic nitrogens is 1. The lowest BCUT2D eigenvalue weighted by atomic mass is 9.96. The zero-order valence-electron chi connectivity index (χ0n) is 15.7. The molecule has 0 radical (unpaired) electrons. The number of pyridine rings is 1. The first-order valence-corrected chi connectivity index (χ1v) is 9.71. The Bertz CT molecular complexity index is 795. The fourth-order valence-corrected chi connectivity index (χ4v) is 3.25. The van der Waals surface area contributed by atoms with Crippen LogP contribution in [0.3, 0.4) is 0 Å². The van der Waals surface area contributed by atoms with Crippen LogP contribution in [0.1, 0.15) is 32.1 Å². The zero-order chi connectivity index (χ0) is 19.9. The van der Waals surface area contributed by atoms with Gasteiger partial charge in [-0.2, -0.15) is 0 Å². The highest BCUT2D eigenvalue weighted by Gasteiger charge is 2.20. The summed E-state index contributed by atoms with van der Waals surface area (Å²) in [6.07, 6.45) is 6.38. The van der Waals surface area contributed by atoms with Crippen LogP contribution in [0.4, 0.5) is 21.0 Å². The molecule has 0 unspecified atom stereocenters. The lowest BCUT2D eigenvalue weighted by Gasteiger charge is -2.25. The Balaban J connectivity index is 1.56. The summed E-state index contributed by atoms with van der Waals surface area (Å²) >= 11 is 4.26. The number of rotatable bonds is 4. The molecule has 0 spiro atoms. The highest BCUT2D eigenvalue weighted by Crippen LogP contribution is 2.21. The van der Waals surface area contributed by atoms with Crippen LogP contribution in [0.25, 0.3) is 0 Å². The Hall–Kier alpha value is -2.74. The standard InChI is InChI=1S/C20H24N4O3S/c1-23(16-10-6-3-7-11-16)20(26)27-18-13-12-17(14-21-18)24(28)19(25)22-15-8-4-2-5-9-15/h3,6-7,10-15,28H,2,4-5,8-9H2,1H3,(H,22,25). The Kier molecular flexibility index (Phi) is 6.76. The Labute approximate surface area is 170 Å². The number of nitrogens with zero attached hydrogens (tertiary/aromatic N) is 3. The maximum absolute atomic E-state index is 12.3. The summed E-state index contributed by atoms with van der Waals surface area (Å²) < 4.78 is 6.49. The summed E-state index contributed by atoms with van der Waals surface area (Å²) in [5.41, 5.74) is 1.21. The number of hydrogen-bond acceptors (Lipinski definition) is 5. The molecule has 1 aliphatic rings. The minimum absolute atomic E-state index is 0.144. The zero-order valence-corrected chi connectivity index (χ0v) is 16.6. The molecule has 1 aromatic heterocycles. The smallest absolute Gasteiger partial charge is 0.391 e. The Morgan fingerprint density at radius 3 is 2.43 bits per heavy atom. The summed E-state index contributed by atoms with van der Waals surface area (Å²) in [5, 5.41) is 2.99. The molecule has 0 saturated heterocycles. The van der Waals surface area contributed by atoms with Gasteiger partial charge in [-0.25, -0.2) is 18.9 Å². The van der Waals surface area contributed by atoms with Crippen molar-refractivity contribution in [3.8, 4) is 5.88 Å². The molecule has 28 heavy (non-hydrogen) atoms. The van der Waals surface area contributed by atoms with Crippen molar-refractivity contribution in [3.63, 3.8) is 0 Å². The first-order chi connectivity index (χ1) is 13.5. The second kappa shape index (κ2) is 9.45. The van der Waals surface area contributed by atoms with Gasteiger partial charge >= 0.3 is 12.1 Å². The van der Waals surface area contributed by atoms with Crippen molar-refractivity contribution < 1.29 is 14.3 Å². The molecule has 1 fully saturated rings. The summed E-state index contributed by atoms with van der Waals surface area (Å²) in [6, 6.07) is 12.2. The number of carbonyl (C=O) groups is 2. The van der Waals surface area contributed by atoms with Crippen LogP contribution in [0.2, 0.25) is 0 Å². The molecule has 1 saturated carbocycles. The van der Waals surface area contributed by atoms with Gasteiger partial charge in [0.15, 0.2) is 0 Å². The quantitative estimate of drug-likeness (QED) is 0.746. The number of para-hydroxylation sites is 1. The third kappa shape index (κ3) is 5.16. The van der Waals surface area contributed by atoms with Crippen molar-refractivity contribution in [1.29, 1.82) is 0 Å². The van der Waals surface area contributed by atoms with Gasteiger partial charge in [-0.1, -0.05) is 50.3 Å². The number of hydrogen-bond donors (Lipinski definition) is 2. The summed E-state index contributed by atoms with van der Waals surface area (Å²) in [7, 11) is 1.62. The molecule has 7 nitrogen and oxygen atoms in total. The van der Waals surface area contributed by atoms with Gasteiger partial charge in [0.1, 0.15) is 0 Å². The van der Waals surface area contributed by atoms with Crippen LogP contribution in [-0.2, 0) is 0 Å². The van der Waals surface area contributed by atoms with Crippen molar-refractivity contribution in [2.24, 2.45) is 0 Å². The number of benzene rings is 1. The summed E-state index contributed by atoms with van der Waals surface area (Å²) in [5.74, 6) is 0.144. The monoisotopic (exact) mass is 400 g/mol. The number of amides is 3. The van der Waals surface area contributed by atoms with Crippen LogP contribution in [0, 0.1) is 0 Å². The van der Waals surface area contributed by atoms with E-state index in [0.29, 0.717) is 11.4 Å². The Morgan fingerprint density at radius 1 is 1.07 bits per heavy atom. The van der Waals surface area contributed by atoms with Gasteiger partial charge in [-0.05, 0) is 31.0 Å². The fraction of sp³-hybridized carbons (Fsp3) is 0.350. The van der Waals surface area contributed by atoms with Gasteiger partial charge in [-0.15, -0.1) is 0 Å². The maximum atomic E-state index is 12.3. The lowest BCUT2D eigenvalue weighted by molar-refractivity contribution is 0.207. The molecule has 1 N–H and O–H groups in total. The number of carbonyl (C=O) groups excluding carboxylic acids is 2. The molecule has 3 rings (SSSR count). The minimum atomic E-state index is -0.552. The van der Waals surface area contributed by atoms with Crippen molar-refractivity contribution in [1.82, 2.24) is 10.3 Å². The molecule has 0 atom stereocenters. The van der Waals surface area contributed by atoms with Crippen molar-refractivity contribution in [3.05, 3.63) is 48.7 Å². The maximum Gasteiger partial charge on any atom is 0.420 e. The van der Waals surface area contributed by atoms with E-state index in [9.17, 15) is 9.59 Å². The largest absolute Gasteiger partial charge is 0.420 e. The average molecular weight is 401 g/mol. The Morgan fingerprint density at radius 2 is 1.79 bits per heavy atom. The normalized spacial score (nSPS) is 14.2. The predicted octanol–water partition coefficient (Wildman–Crippen LogP) is 4.41. The van der Waals surface area contributed by atoms with Gasteiger partial charge in [0, 0.05) is 24.8 Å². The van der Waals surface area contributed by atoms with Crippen molar-refractivity contribution in [2.45, 2.75) is 38.1 Å². The van der Waals surface area contributed by atoms with E-state index < -0.39 is 6.09 Å². The van der Waals surface area contributed by atoms with E-state index in [-0.39, 0.29) is 18.0 Å². The highest BCUT2D eigenvalue weighted by molar-refractivity contribution is 7.82. The van der Waals surface area contributed by atoms with E-state index >= 15 is 0 Å². The molecule has 148 valence electrons. The number of urea groups is 1. The van der Waals surface area contributed by atoms with Crippen LogP contribution < -0.4 is 19.3 Å². The highest BCUT2D eigenvalue weighted by atomic mass is 32.1. The summed E-state index contributed by atoms with van der Waals surface area (Å²) in [6.45, 7) is 0. The molecule has 2 aromatic rings. The van der Waals surface area contributed by atoms with Gasteiger partial charge in [0.25, 0.3) is 0 Å². The van der Waals surface area contributed by atoms with Crippen LogP contribution in [0.15, 0.2) is 48.7 Å². The van der Waals surface area contributed by atoms with E-state index in [1.807, 2.05) is 30.3 Å². The first kappa shape index (κ1) is 20.0. The van der Waals surface area contributed by atoms with E-state index in [1.54, 1.807) is 13.1 Å².